The molecule has 0 bridgehead atoms. The normalized spacial score (nSPS) is 10.7. The van der Waals surface area contributed by atoms with E-state index in [4.69, 9.17) is 21.1 Å². The standard InChI is InChI=1S/C15H20ClN3O2/c1-4-17-8-12-5-13(16)6-14(20-3)15(12)21-10-11-7-18-19(2)9-11/h5-7,9,17H,4,8,10H2,1-3H3. The molecule has 0 spiro atoms. The molecule has 1 heterocycles. The number of rotatable bonds is 7. The van der Waals surface area contributed by atoms with Crippen molar-refractivity contribution in [3.8, 4) is 11.5 Å². The van der Waals surface area contributed by atoms with Crippen LogP contribution in [-0.4, -0.2) is 23.4 Å². The van der Waals surface area contributed by atoms with Crippen molar-refractivity contribution in [2.75, 3.05) is 13.7 Å². The molecule has 1 N–H and O–H groups in total. The molecule has 0 aliphatic heterocycles. The first-order valence-corrected chi connectivity index (χ1v) is 7.19. The van der Waals surface area contributed by atoms with E-state index in [0.717, 1.165) is 17.7 Å². The highest BCUT2D eigenvalue weighted by Crippen LogP contribution is 2.35. The number of nitrogens with zero attached hydrogens (tertiary/aromatic N) is 2. The number of hydrogen-bond acceptors (Lipinski definition) is 4. The maximum atomic E-state index is 6.12. The van der Waals surface area contributed by atoms with Crippen LogP contribution >= 0.6 is 11.6 Å². The first kappa shape index (κ1) is 15.7. The highest BCUT2D eigenvalue weighted by Gasteiger charge is 2.13. The highest BCUT2D eigenvalue weighted by atomic mass is 35.5. The van der Waals surface area contributed by atoms with Gasteiger partial charge in [-0.05, 0) is 12.6 Å². The predicted octanol–water partition coefficient (Wildman–Crippen LogP) is 2.77. The minimum Gasteiger partial charge on any atom is -0.493 e. The van der Waals surface area contributed by atoms with Crippen molar-refractivity contribution in [1.82, 2.24) is 15.1 Å². The SMILES string of the molecule is CCNCc1cc(Cl)cc(OC)c1OCc1cnn(C)c1. The van der Waals surface area contributed by atoms with Gasteiger partial charge in [-0.25, -0.2) is 0 Å². The maximum Gasteiger partial charge on any atom is 0.166 e. The second-order valence-corrected chi connectivity index (χ2v) is 5.12. The van der Waals surface area contributed by atoms with Gasteiger partial charge in [-0.1, -0.05) is 18.5 Å². The summed E-state index contributed by atoms with van der Waals surface area (Å²) < 4.78 is 13.1. The van der Waals surface area contributed by atoms with Gasteiger partial charge in [0.1, 0.15) is 6.61 Å². The first-order valence-electron chi connectivity index (χ1n) is 6.81. The number of nitrogens with one attached hydrogen (secondary N) is 1. The van der Waals surface area contributed by atoms with Crippen molar-refractivity contribution in [2.45, 2.75) is 20.1 Å². The summed E-state index contributed by atoms with van der Waals surface area (Å²) in [7, 11) is 3.49. The van der Waals surface area contributed by atoms with Crippen LogP contribution in [-0.2, 0) is 20.2 Å². The van der Waals surface area contributed by atoms with E-state index < -0.39 is 0 Å². The Morgan fingerprint density at radius 1 is 1.38 bits per heavy atom. The average Bonchev–Trinajstić information content (AvgIpc) is 2.88. The van der Waals surface area contributed by atoms with Crippen LogP contribution in [0.3, 0.4) is 0 Å². The van der Waals surface area contributed by atoms with Crippen LogP contribution in [0.25, 0.3) is 0 Å². The zero-order valence-electron chi connectivity index (χ0n) is 12.5. The average molecular weight is 310 g/mol. The van der Waals surface area contributed by atoms with E-state index in [0.29, 0.717) is 29.7 Å². The van der Waals surface area contributed by atoms with Gasteiger partial charge in [0.15, 0.2) is 11.5 Å². The van der Waals surface area contributed by atoms with Gasteiger partial charge in [0.05, 0.1) is 13.3 Å². The molecule has 2 aromatic rings. The van der Waals surface area contributed by atoms with Crippen LogP contribution in [0.15, 0.2) is 24.5 Å². The first-order chi connectivity index (χ1) is 10.1. The molecule has 2 rings (SSSR count). The summed E-state index contributed by atoms with van der Waals surface area (Å²) in [6.07, 6.45) is 3.71. The van der Waals surface area contributed by atoms with Gasteiger partial charge < -0.3 is 14.8 Å². The zero-order valence-corrected chi connectivity index (χ0v) is 13.3. The Balaban J connectivity index is 2.21. The van der Waals surface area contributed by atoms with E-state index in [-0.39, 0.29) is 0 Å². The molecule has 0 amide bonds. The molecule has 0 aliphatic rings. The lowest BCUT2D eigenvalue weighted by atomic mass is 10.1. The summed E-state index contributed by atoms with van der Waals surface area (Å²) >= 11 is 6.12. The summed E-state index contributed by atoms with van der Waals surface area (Å²) in [4.78, 5) is 0. The van der Waals surface area contributed by atoms with E-state index in [2.05, 4.69) is 17.3 Å². The minimum absolute atomic E-state index is 0.435. The molecule has 0 aliphatic carbocycles. The lowest BCUT2D eigenvalue weighted by Crippen LogP contribution is -2.13. The van der Waals surface area contributed by atoms with Gasteiger partial charge in [-0.3, -0.25) is 4.68 Å². The molecular weight excluding hydrogens is 290 g/mol. The van der Waals surface area contributed by atoms with Gasteiger partial charge >= 0.3 is 0 Å². The Morgan fingerprint density at radius 3 is 2.81 bits per heavy atom. The fourth-order valence-corrected chi connectivity index (χ4v) is 2.26. The molecule has 6 heteroatoms. The largest absolute Gasteiger partial charge is 0.493 e. The third-order valence-electron chi connectivity index (χ3n) is 3.02. The Morgan fingerprint density at radius 2 is 2.19 bits per heavy atom. The van der Waals surface area contributed by atoms with Gasteiger partial charge in [-0.2, -0.15) is 5.10 Å². The second-order valence-electron chi connectivity index (χ2n) is 4.69. The molecule has 0 atom stereocenters. The minimum atomic E-state index is 0.435. The highest BCUT2D eigenvalue weighted by molar-refractivity contribution is 6.30. The van der Waals surface area contributed by atoms with Crippen molar-refractivity contribution in [1.29, 1.82) is 0 Å². The van der Waals surface area contributed by atoms with Crippen LogP contribution in [0.2, 0.25) is 5.02 Å². The third-order valence-corrected chi connectivity index (χ3v) is 3.24. The van der Waals surface area contributed by atoms with Crippen LogP contribution in [0.5, 0.6) is 11.5 Å². The van der Waals surface area contributed by atoms with E-state index in [9.17, 15) is 0 Å². The molecule has 0 fully saturated rings. The van der Waals surface area contributed by atoms with Crippen LogP contribution in [0, 0.1) is 0 Å². The Labute approximate surface area is 129 Å². The molecular formula is C15H20ClN3O2. The smallest absolute Gasteiger partial charge is 0.166 e. The molecule has 0 saturated carbocycles. The van der Waals surface area contributed by atoms with Gasteiger partial charge in [-0.15, -0.1) is 0 Å². The molecule has 1 aromatic carbocycles. The lowest BCUT2D eigenvalue weighted by Gasteiger charge is -2.15. The third kappa shape index (κ3) is 4.12. The van der Waals surface area contributed by atoms with Crippen LogP contribution in [0.1, 0.15) is 18.1 Å². The monoisotopic (exact) mass is 309 g/mol. The van der Waals surface area contributed by atoms with Crippen molar-refractivity contribution in [3.63, 3.8) is 0 Å². The molecule has 1 aromatic heterocycles. The molecule has 0 unspecified atom stereocenters. The molecule has 114 valence electrons. The Hall–Kier alpha value is -1.72. The maximum absolute atomic E-state index is 6.12. The number of ether oxygens (including phenoxy) is 2. The van der Waals surface area contributed by atoms with Crippen molar-refractivity contribution < 1.29 is 9.47 Å². The van der Waals surface area contributed by atoms with Gasteiger partial charge in [0.2, 0.25) is 0 Å². The summed E-state index contributed by atoms with van der Waals surface area (Å²) in [6.45, 7) is 4.04. The van der Waals surface area contributed by atoms with Gasteiger partial charge in [0.25, 0.3) is 0 Å². The number of aryl methyl sites for hydroxylation is 1. The number of hydrogen-bond donors (Lipinski definition) is 1. The fourth-order valence-electron chi connectivity index (χ4n) is 2.03. The summed E-state index contributed by atoms with van der Waals surface area (Å²) in [5.74, 6) is 1.35. The predicted molar refractivity (Wildman–Crippen MR) is 82.9 cm³/mol. The van der Waals surface area contributed by atoms with Gasteiger partial charge in [0, 0.05) is 42.0 Å². The van der Waals surface area contributed by atoms with Crippen LogP contribution in [0.4, 0.5) is 0 Å². The number of benzene rings is 1. The lowest BCUT2D eigenvalue weighted by molar-refractivity contribution is 0.280. The van der Waals surface area contributed by atoms with E-state index in [1.54, 1.807) is 24.1 Å². The second kappa shape index (κ2) is 7.33. The zero-order chi connectivity index (χ0) is 15.2. The summed E-state index contributed by atoms with van der Waals surface area (Å²) in [6, 6.07) is 3.65. The molecule has 5 nitrogen and oxygen atoms in total. The van der Waals surface area contributed by atoms with Crippen LogP contribution < -0.4 is 14.8 Å². The molecule has 0 radical (unpaired) electrons. The summed E-state index contributed by atoms with van der Waals surface area (Å²) in [5, 5.41) is 8.04. The molecule has 21 heavy (non-hydrogen) atoms. The Kier molecular flexibility index (Phi) is 5.47. The van der Waals surface area contributed by atoms with Crippen molar-refractivity contribution in [3.05, 3.63) is 40.7 Å². The van der Waals surface area contributed by atoms with Crippen molar-refractivity contribution in [2.24, 2.45) is 7.05 Å². The van der Waals surface area contributed by atoms with E-state index in [1.807, 2.05) is 19.3 Å². The van der Waals surface area contributed by atoms with E-state index >= 15 is 0 Å². The van der Waals surface area contributed by atoms with Crippen molar-refractivity contribution >= 4 is 11.6 Å². The number of methoxy groups -OCH3 is 1. The quantitative estimate of drug-likeness (QED) is 0.854. The molecule has 0 saturated heterocycles. The van der Waals surface area contributed by atoms with E-state index in [1.165, 1.54) is 0 Å². The fraction of sp³-hybridized carbons (Fsp3) is 0.400. The Bertz CT molecular complexity index is 599. The topological polar surface area (TPSA) is 48.3 Å². The number of aromatic nitrogens is 2. The summed E-state index contributed by atoms with van der Waals surface area (Å²) in [5.41, 5.74) is 1.98. The number of halogens is 1.